The van der Waals surface area contributed by atoms with Crippen LogP contribution >= 0.6 is 11.6 Å². The molecule has 0 bridgehead atoms. The van der Waals surface area contributed by atoms with Crippen LogP contribution in [-0.2, 0) is 9.59 Å². The Balaban J connectivity index is 1.87. The highest BCUT2D eigenvalue weighted by Gasteiger charge is 2.37. The number of nitrogens with zero attached hydrogens (tertiary/aromatic N) is 1. The van der Waals surface area contributed by atoms with Crippen molar-refractivity contribution >= 4 is 34.9 Å². The Hall–Kier alpha value is -2.99. The highest BCUT2D eigenvalue weighted by atomic mass is 35.5. The predicted molar refractivity (Wildman–Crippen MR) is 103 cm³/mol. The summed E-state index contributed by atoms with van der Waals surface area (Å²) in [5.74, 6) is -2.22. The van der Waals surface area contributed by atoms with Crippen LogP contribution in [0.3, 0.4) is 0 Å². The number of halogens is 2. The third-order valence-electron chi connectivity index (χ3n) is 4.34. The normalized spacial score (nSPS) is 13.9. The number of Topliss-reactive ketones (excluding diaryl/α,β-unsaturated/α-hetero) is 1. The molecule has 1 fully saturated rings. The third-order valence-corrected chi connectivity index (χ3v) is 4.63. The van der Waals surface area contributed by atoms with Crippen LogP contribution in [0.1, 0.15) is 30.6 Å². The second-order valence-corrected chi connectivity index (χ2v) is 6.91. The average molecular weight is 402 g/mol. The first-order chi connectivity index (χ1) is 13.3. The van der Waals surface area contributed by atoms with E-state index in [1.807, 2.05) is 0 Å². The molecule has 2 aromatic carbocycles. The Morgan fingerprint density at radius 1 is 1.18 bits per heavy atom. The highest BCUT2D eigenvalue weighted by molar-refractivity contribution is 6.33. The van der Waals surface area contributed by atoms with Crippen LogP contribution < -0.4 is 9.64 Å². The molecular formula is C21H17ClFNO4. The van der Waals surface area contributed by atoms with Gasteiger partial charge in [-0.2, -0.15) is 0 Å². The zero-order chi connectivity index (χ0) is 20.4. The minimum Gasteiger partial charge on any atom is -0.484 e. The molecule has 0 spiro atoms. The number of anilines is 1. The van der Waals surface area contributed by atoms with Crippen molar-refractivity contribution in [1.29, 1.82) is 0 Å². The summed E-state index contributed by atoms with van der Waals surface area (Å²) in [5, 5.41) is -0.0661. The van der Waals surface area contributed by atoms with Gasteiger partial charge in [0.15, 0.2) is 12.4 Å². The maximum absolute atomic E-state index is 14.5. The SMILES string of the molecule is CC(C)=C1CC(=O)N(c2cc(OCC(=O)c3ccccc3)c(Cl)cc2F)C1=O. The van der Waals surface area contributed by atoms with Gasteiger partial charge in [-0.1, -0.05) is 47.5 Å². The van der Waals surface area contributed by atoms with Crippen LogP contribution in [0.4, 0.5) is 10.1 Å². The van der Waals surface area contributed by atoms with Crippen molar-refractivity contribution in [3.05, 3.63) is 70.0 Å². The summed E-state index contributed by atoms with van der Waals surface area (Å²) in [5.41, 5.74) is 1.23. The lowest BCUT2D eigenvalue weighted by atomic mass is 10.1. The number of benzene rings is 2. The Kier molecular flexibility index (Phi) is 5.61. The highest BCUT2D eigenvalue weighted by Crippen LogP contribution is 2.36. The van der Waals surface area contributed by atoms with Crippen molar-refractivity contribution in [2.24, 2.45) is 0 Å². The van der Waals surface area contributed by atoms with Gasteiger partial charge in [-0.15, -0.1) is 0 Å². The van der Waals surface area contributed by atoms with E-state index < -0.39 is 17.6 Å². The zero-order valence-corrected chi connectivity index (χ0v) is 16.0. The van der Waals surface area contributed by atoms with Gasteiger partial charge in [0.1, 0.15) is 11.6 Å². The zero-order valence-electron chi connectivity index (χ0n) is 15.3. The topological polar surface area (TPSA) is 63.7 Å². The third kappa shape index (κ3) is 3.82. The first-order valence-electron chi connectivity index (χ1n) is 8.53. The maximum atomic E-state index is 14.5. The van der Waals surface area contributed by atoms with Gasteiger partial charge in [0.05, 0.1) is 17.1 Å². The molecule has 0 atom stereocenters. The molecule has 5 nitrogen and oxygen atoms in total. The lowest BCUT2D eigenvalue weighted by molar-refractivity contribution is -0.120. The van der Waals surface area contributed by atoms with Crippen molar-refractivity contribution in [3.8, 4) is 5.75 Å². The first-order valence-corrected chi connectivity index (χ1v) is 8.91. The number of carbonyl (C=O) groups excluding carboxylic acids is 3. The summed E-state index contributed by atoms with van der Waals surface area (Å²) in [4.78, 5) is 37.8. The van der Waals surface area contributed by atoms with Crippen LogP contribution in [-0.4, -0.2) is 24.2 Å². The fraction of sp³-hybridized carbons (Fsp3) is 0.190. The van der Waals surface area contributed by atoms with Gasteiger partial charge in [-0.3, -0.25) is 14.4 Å². The summed E-state index contributed by atoms with van der Waals surface area (Å²) < 4.78 is 19.9. The largest absolute Gasteiger partial charge is 0.484 e. The van der Waals surface area contributed by atoms with Crippen molar-refractivity contribution in [3.63, 3.8) is 0 Å². The Morgan fingerprint density at radius 3 is 2.46 bits per heavy atom. The monoisotopic (exact) mass is 401 g/mol. The molecule has 7 heteroatoms. The second-order valence-electron chi connectivity index (χ2n) is 6.50. The summed E-state index contributed by atoms with van der Waals surface area (Å²) >= 11 is 6.02. The van der Waals surface area contributed by atoms with Gasteiger partial charge in [0.25, 0.3) is 5.91 Å². The summed E-state index contributed by atoms with van der Waals surface area (Å²) in [6.07, 6.45) is -0.0914. The Bertz CT molecular complexity index is 997. The lowest BCUT2D eigenvalue weighted by Gasteiger charge is -2.17. The fourth-order valence-electron chi connectivity index (χ4n) is 2.84. The summed E-state index contributed by atoms with van der Waals surface area (Å²) in [6, 6.07) is 10.6. The van der Waals surface area contributed by atoms with Crippen molar-refractivity contribution in [2.75, 3.05) is 11.5 Å². The van der Waals surface area contributed by atoms with Crippen molar-refractivity contribution in [1.82, 2.24) is 0 Å². The molecule has 0 radical (unpaired) electrons. The van der Waals surface area contributed by atoms with Crippen LogP contribution in [0, 0.1) is 5.82 Å². The molecule has 144 valence electrons. The van der Waals surface area contributed by atoms with Crippen LogP contribution in [0.25, 0.3) is 0 Å². The molecule has 28 heavy (non-hydrogen) atoms. The van der Waals surface area contributed by atoms with Gasteiger partial charge in [0, 0.05) is 17.2 Å². The van der Waals surface area contributed by atoms with Crippen molar-refractivity contribution in [2.45, 2.75) is 20.3 Å². The Morgan fingerprint density at radius 2 is 1.86 bits per heavy atom. The number of allylic oxidation sites excluding steroid dienone is 1. The molecule has 0 saturated carbocycles. The van der Waals surface area contributed by atoms with Gasteiger partial charge < -0.3 is 4.74 Å². The van der Waals surface area contributed by atoms with E-state index in [0.29, 0.717) is 16.7 Å². The Labute approximate surface area is 166 Å². The van der Waals surface area contributed by atoms with E-state index in [4.69, 9.17) is 16.3 Å². The summed E-state index contributed by atoms with van der Waals surface area (Å²) in [7, 11) is 0. The van der Waals surface area contributed by atoms with Gasteiger partial charge in [0.2, 0.25) is 5.91 Å². The van der Waals surface area contributed by atoms with E-state index in [9.17, 15) is 18.8 Å². The quantitative estimate of drug-likeness (QED) is 0.424. The number of rotatable bonds is 5. The fourth-order valence-corrected chi connectivity index (χ4v) is 3.04. The number of carbonyl (C=O) groups is 3. The molecule has 1 aliphatic rings. The number of ether oxygens (including phenoxy) is 1. The molecule has 1 saturated heterocycles. The van der Waals surface area contributed by atoms with Gasteiger partial charge in [-0.05, 0) is 19.9 Å². The molecule has 3 rings (SSSR count). The number of ketones is 1. The lowest BCUT2D eigenvalue weighted by Crippen LogP contribution is -2.30. The molecule has 1 aliphatic heterocycles. The van der Waals surface area contributed by atoms with Gasteiger partial charge >= 0.3 is 0 Å². The van der Waals surface area contributed by atoms with Crippen LogP contribution in [0.2, 0.25) is 5.02 Å². The maximum Gasteiger partial charge on any atom is 0.261 e. The number of imide groups is 1. The van der Waals surface area contributed by atoms with E-state index in [-0.39, 0.29) is 35.3 Å². The molecular weight excluding hydrogens is 385 g/mol. The minimum absolute atomic E-state index is 0.00796. The number of hydrogen-bond donors (Lipinski definition) is 0. The summed E-state index contributed by atoms with van der Waals surface area (Å²) in [6.45, 7) is 3.11. The van der Waals surface area contributed by atoms with Gasteiger partial charge in [-0.25, -0.2) is 9.29 Å². The standard InChI is InChI=1S/C21H17ClFNO4/c1-12(2)14-8-20(26)24(21(14)27)17-10-19(15(22)9-16(17)23)28-11-18(25)13-6-4-3-5-7-13/h3-7,9-10H,8,11H2,1-2H3. The minimum atomic E-state index is -0.830. The van der Waals surface area contributed by atoms with E-state index in [2.05, 4.69) is 0 Å². The molecule has 0 aromatic heterocycles. The van der Waals surface area contributed by atoms with Crippen LogP contribution in [0.5, 0.6) is 5.75 Å². The predicted octanol–water partition coefficient (Wildman–Crippen LogP) is 4.34. The van der Waals surface area contributed by atoms with E-state index in [1.54, 1.807) is 44.2 Å². The molecule has 0 N–H and O–H groups in total. The molecule has 0 aliphatic carbocycles. The average Bonchev–Trinajstić information content (AvgIpc) is 2.96. The molecule has 2 aromatic rings. The molecule has 0 unspecified atom stereocenters. The van der Waals surface area contributed by atoms with E-state index >= 15 is 0 Å². The van der Waals surface area contributed by atoms with E-state index in [0.717, 1.165) is 11.0 Å². The smallest absolute Gasteiger partial charge is 0.261 e. The molecule has 1 heterocycles. The number of hydrogen-bond acceptors (Lipinski definition) is 4. The van der Waals surface area contributed by atoms with E-state index in [1.165, 1.54) is 6.07 Å². The molecule has 2 amide bonds. The van der Waals surface area contributed by atoms with Crippen molar-refractivity contribution < 1.29 is 23.5 Å². The van der Waals surface area contributed by atoms with Crippen LogP contribution in [0.15, 0.2) is 53.6 Å². The number of amides is 2. The second kappa shape index (κ2) is 7.94. The first kappa shape index (κ1) is 19.8.